The van der Waals surface area contributed by atoms with Gasteiger partial charge in [-0.15, -0.1) is 0 Å². The van der Waals surface area contributed by atoms with Gasteiger partial charge in [-0.1, -0.05) is 54.1 Å². The number of hydrogen-bond acceptors (Lipinski definition) is 2. The van der Waals surface area contributed by atoms with Crippen molar-refractivity contribution in [2.24, 2.45) is 0 Å². The zero-order valence-electron chi connectivity index (χ0n) is 12.0. The van der Waals surface area contributed by atoms with Crippen LogP contribution in [0.15, 0.2) is 71.7 Å². The fourth-order valence-electron chi connectivity index (χ4n) is 2.53. The average molecular weight is 322 g/mol. The summed E-state index contributed by atoms with van der Waals surface area (Å²) in [6.45, 7) is 0. The second-order valence-corrected chi connectivity index (χ2v) is 5.67. The van der Waals surface area contributed by atoms with Crippen LogP contribution in [0.25, 0.3) is 28.0 Å². The maximum atomic E-state index is 12.3. The topological polar surface area (TPSA) is 50.2 Å². The van der Waals surface area contributed by atoms with E-state index >= 15 is 0 Å². The summed E-state index contributed by atoms with van der Waals surface area (Å²) in [6.07, 6.45) is 1.82. The van der Waals surface area contributed by atoms with E-state index in [1.165, 1.54) is 0 Å². The highest BCUT2D eigenvalue weighted by molar-refractivity contribution is 6.30. The van der Waals surface area contributed by atoms with E-state index < -0.39 is 0 Å². The molecule has 4 rings (SSSR count). The third kappa shape index (κ3) is 2.53. The molecule has 0 fully saturated rings. The smallest absolute Gasteiger partial charge is 0.274 e. The molecule has 0 aliphatic carbocycles. The van der Waals surface area contributed by atoms with Crippen molar-refractivity contribution in [2.75, 3.05) is 0 Å². The monoisotopic (exact) mass is 321 g/mol. The van der Waals surface area contributed by atoms with Crippen LogP contribution in [0.2, 0.25) is 5.02 Å². The number of halogens is 1. The van der Waals surface area contributed by atoms with Crippen molar-refractivity contribution in [1.82, 2.24) is 14.6 Å². The number of H-pyrrole nitrogens is 1. The molecule has 0 atom stereocenters. The summed E-state index contributed by atoms with van der Waals surface area (Å²) >= 11 is 5.91. The lowest BCUT2D eigenvalue weighted by molar-refractivity contribution is 0.943. The third-order valence-electron chi connectivity index (χ3n) is 3.69. The molecule has 0 aliphatic heterocycles. The molecule has 4 aromatic rings. The van der Waals surface area contributed by atoms with Crippen molar-refractivity contribution < 1.29 is 0 Å². The number of nitrogens with zero attached hydrogens (tertiary/aromatic N) is 2. The van der Waals surface area contributed by atoms with Crippen molar-refractivity contribution in [3.63, 3.8) is 0 Å². The predicted molar refractivity (Wildman–Crippen MR) is 91.7 cm³/mol. The zero-order chi connectivity index (χ0) is 15.8. The fourth-order valence-corrected chi connectivity index (χ4v) is 2.66. The molecule has 23 heavy (non-hydrogen) atoms. The van der Waals surface area contributed by atoms with Crippen molar-refractivity contribution >= 4 is 17.1 Å². The van der Waals surface area contributed by atoms with Crippen molar-refractivity contribution in [2.45, 2.75) is 0 Å². The molecular weight excluding hydrogens is 310 g/mol. The van der Waals surface area contributed by atoms with Crippen LogP contribution in [-0.4, -0.2) is 14.6 Å². The Kier molecular flexibility index (Phi) is 3.24. The van der Waals surface area contributed by atoms with Crippen LogP contribution >= 0.6 is 11.6 Å². The molecule has 2 heterocycles. The first-order chi connectivity index (χ1) is 11.2. The molecule has 0 spiro atoms. The Morgan fingerprint density at radius 2 is 1.70 bits per heavy atom. The summed E-state index contributed by atoms with van der Waals surface area (Å²) in [6, 6.07) is 18.8. The van der Waals surface area contributed by atoms with E-state index in [0.29, 0.717) is 10.5 Å². The lowest BCUT2D eigenvalue weighted by atomic mass is 10.1. The number of aromatic amines is 1. The second kappa shape index (κ2) is 5.41. The number of nitrogens with one attached hydrogen (secondary N) is 1. The summed E-state index contributed by atoms with van der Waals surface area (Å²) in [7, 11) is 0. The van der Waals surface area contributed by atoms with Gasteiger partial charge in [0.2, 0.25) is 0 Å². The second-order valence-electron chi connectivity index (χ2n) is 5.23. The highest BCUT2D eigenvalue weighted by Crippen LogP contribution is 2.22. The molecule has 0 saturated heterocycles. The minimum atomic E-state index is -0.168. The van der Waals surface area contributed by atoms with Gasteiger partial charge in [-0.3, -0.25) is 4.79 Å². The maximum absolute atomic E-state index is 12.3. The van der Waals surface area contributed by atoms with E-state index in [4.69, 9.17) is 11.6 Å². The minimum absolute atomic E-state index is 0.168. The van der Waals surface area contributed by atoms with Crippen molar-refractivity contribution in [3.8, 4) is 22.5 Å². The standard InChI is InChI=1S/C18H12ClN3O/c19-14-8-6-13(7-9-14)15-10-17-18(23)20-16(11-22(17)21-15)12-4-2-1-3-5-12/h1-11H,(H,20,23). The molecule has 1 N–H and O–H groups in total. The van der Waals surface area contributed by atoms with Gasteiger partial charge in [0.15, 0.2) is 0 Å². The van der Waals surface area contributed by atoms with Crippen LogP contribution in [0.4, 0.5) is 0 Å². The molecule has 0 saturated carbocycles. The van der Waals surface area contributed by atoms with Gasteiger partial charge in [0.05, 0.1) is 17.6 Å². The van der Waals surface area contributed by atoms with Crippen molar-refractivity contribution in [3.05, 3.63) is 82.2 Å². The summed E-state index contributed by atoms with van der Waals surface area (Å²) in [5.74, 6) is 0. The number of aromatic nitrogens is 3. The van der Waals surface area contributed by atoms with E-state index in [2.05, 4.69) is 10.1 Å². The molecule has 112 valence electrons. The minimum Gasteiger partial charge on any atom is -0.319 e. The number of fused-ring (bicyclic) bond motifs is 1. The van der Waals surface area contributed by atoms with Gasteiger partial charge >= 0.3 is 0 Å². The van der Waals surface area contributed by atoms with Crippen LogP contribution in [0.5, 0.6) is 0 Å². The average Bonchev–Trinajstić information content (AvgIpc) is 3.01. The Morgan fingerprint density at radius 3 is 2.43 bits per heavy atom. The highest BCUT2D eigenvalue weighted by atomic mass is 35.5. The van der Waals surface area contributed by atoms with Crippen LogP contribution in [0, 0.1) is 0 Å². The fraction of sp³-hybridized carbons (Fsp3) is 0. The molecule has 0 aliphatic rings. The van der Waals surface area contributed by atoms with E-state index in [1.807, 2.05) is 48.7 Å². The maximum Gasteiger partial charge on any atom is 0.274 e. The lowest BCUT2D eigenvalue weighted by Crippen LogP contribution is -2.10. The van der Waals surface area contributed by atoms with E-state index in [1.54, 1.807) is 22.7 Å². The van der Waals surface area contributed by atoms with Gasteiger partial charge in [0.1, 0.15) is 5.52 Å². The zero-order valence-corrected chi connectivity index (χ0v) is 12.8. The molecule has 2 aromatic carbocycles. The SMILES string of the molecule is O=c1[nH]c(-c2ccccc2)cn2nc(-c3ccc(Cl)cc3)cc12. The quantitative estimate of drug-likeness (QED) is 0.606. The Morgan fingerprint density at radius 1 is 0.957 bits per heavy atom. The van der Waals surface area contributed by atoms with E-state index in [0.717, 1.165) is 22.5 Å². The molecule has 4 nitrogen and oxygen atoms in total. The Hall–Kier alpha value is -2.85. The highest BCUT2D eigenvalue weighted by Gasteiger charge is 2.09. The summed E-state index contributed by atoms with van der Waals surface area (Å²) in [5.41, 5.74) is 3.66. The summed E-state index contributed by atoms with van der Waals surface area (Å²) in [4.78, 5) is 15.2. The number of rotatable bonds is 2. The molecule has 0 bridgehead atoms. The third-order valence-corrected chi connectivity index (χ3v) is 3.94. The molecular formula is C18H12ClN3O. The number of benzene rings is 2. The van der Waals surface area contributed by atoms with Crippen LogP contribution < -0.4 is 5.56 Å². The predicted octanol–water partition coefficient (Wildman–Crippen LogP) is 4.01. The number of hydrogen-bond donors (Lipinski definition) is 1. The first-order valence-electron chi connectivity index (χ1n) is 7.15. The van der Waals surface area contributed by atoms with Gasteiger partial charge < -0.3 is 4.98 Å². The molecule has 5 heteroatoms. The summed E-state index contributed by atoms with van der Waals surface area (Å²) in [5, 5.41) is 5.18. The van der Waals surface area contributed by atoms with Gasteiger partial charge in [0.25, 0.3) is 5.56 Å². The first kappa shape index (κ1) is 13.8. The lowest BCUT2D eigenvalue weighted by Gasteiger charge is -2.01. The molecule has 0 amide bonds. The molecule has 2 aromatic heterocycles. The Labute approximate surface area is 137 Å². The largest absolute Gasteiger partial charge is 0.319 e. The van der Waals surface area contributed by atoms with Crippen LogP contribution in [0.3, 0.4) is 0 Å². The van der Waals surface area contributed by atoms with Gasteiger partial charge in [-0.2, -0.15) is 5.10 Å². The van der Waals surface area contributed by atoms with Gasteiger partial charge in [-0.25, -0.2) is 4.52 Å². The van der Waals surface area contributed by atoms with Crippen LogP contribution in [-0.2, 0) is 0 Å². The first-order valence-corrected chi connectivity index (χ1v) is 7.52. The molecule has 0 unspecified atom stereocenters. The molecule has 0 radical (unpaired) electrons. The Balaban J connectivity index is 1.87. The Bertz CT molecular complexity index is 1030. The normalized spacial score (nSPS) is 11.0. The van der Waals surface area contributed by atoms with E-state index in [-0.39, 0.29) is 5.56 Å². The van der Waals surface area contributed by atoms with E-state index in [9.17, 15) is 4.79 Å². The summed E-state index contributed by atoms with van der Waals surface area (Å²) < 4.78 is 1.62. The van der Waals surface area contributed by atoms with Crippen LogP contribution in [0.1, 0.15) is 0 Å². The van der Waals surface area contributed by atoms with Gasteiger partial charge in [-0.05, 0) is 23.8 Å². The van der Waals surface area contributed by atoms with Crippen molar-refractivity contribution in [1.29, 1.82) is 0 Å². The van der Waals surface area contributed by atoms with Gasteiger partial charge in [0, 0.05) is 10.6 Å².